The molecule has 26 heavy (non-hydrogen) atoms. The number of β-amino-alcohol motifs (C(OH)–C–C–N with tert-alkyl or cyclic N) is 2. The molecule has 2 rings (SSSR count). The zero-order chi connectivity index (χ0) is 20.4. The molecule has 2 amide bonds. The molecule has 8 heteroatoms. The van der Waals surface area contributed by atoms with E-state index in [-0.39, 0.29) is 24.3 Å². The molecule has 0 radical (unpaired) electrons. The number of hydrogen-bond acceptors (Lipinski definition) is 6. The number of amides is 2. The van der Waals surface area contributed by atoms with Gasteiger partial charge in [-0.05, 0) is 55.4 Å². The number of likely N-dealkylation sites (tertiary alicyclic amines) is 2. The minimum atomic E-state index is -0.461. The summed E-state index contributed by atoms with van der Waals surface area (Å²) in [5.41, 5.74) is -0.922. The number of hydrogen-bond donors (Lipinski definition) is 2. The standard InChI is InChI=1S/2C9H17NO3/c2*1-6-7(11)5-10(6)8(12)13-9(2,3)4/h2*6-7,11H,5H2,1-4H3/t2*6-,7-/m10/s1. The van der Waals surface area contributed by atoms with Crippen molar-refractivity contribution in [2.45, 2.75) is 90.9 Å². The first-order chi connectivity index (χ1) is 11.6. The normalized spacial score (nSPS) is 28.2. The van der Waals surface area contributed by atoms with Gasteiger partial charge < -0.3 is 29.5 Å². The lowest BCUT2D eigenvalue weighted by Crippen LogP contribution is -2.61. The van der Waals surface area contributed by atoms with E-state index in [1.807, 2.05) is 41.5 Å². The summed E-state index contributed by atoms with van der Waals surface area (Å²) >= 11 is 0. The molecule has 8 nitrogen and oxygen atoms in total. The Hall–Kier alpha value is -1.54. The topological polar surface area (TPSA) is 99.5 Å². The highest BCUT2D eigenvalue weighted by molar-refractivity contribution is 5.70. The van der Waals surface area contributed by atoms with Crippen LogP contribution in [0.15, 0.2) is 0 Å². The summed E-state index contributed by atoms with van der Waals surface area (Å²) in [6, 6.07) is -0.232. The predicted octanol–water partition coefficient (Wildman–Crippen LogP) is 1.97. The smallest absolute Gasteiger partial charge is 0.410 e. The van der Waals surface area contributed by atoms with E-state index in [0.29, 0.717) is 13.1 Å². The number of aliphatic hydroxyl groups is 2. The summed E-state index contributed by atoms with van der Waals surface area (Å²) in [4.78, 5) is 25.8. The van der Waals surface area contributed by atoms with Crippen LogP contribution in [0.1, 0.15) is 55.4 Å². The fourth-order valence-corrected chi connectivity index (χ4v) is 2.30. The second kappa shape index (κ2) is 8.00. The Bertz CT molecular complexity index is 465. The fraction of sp³-hybridized carbons (Fsp3) is 0.889. The van der Waals surface area contributed by atoms with E-state index in [1.54, 1.807) is 13.8 Å². The Morgan fingerprint density at radius 1 is 0.769 bits per heavy atom. The third kappa shape index (κ3) is 6.32. The van der Waals surface area contributed by atoms with Crippen molar-refractivity contribution in [3.8, 4) is 0 Å². The monoisotopic (exact) mass is 374 g/mol. The SMILES string of the molecule is C[C@@H]1[C@H](O)CN1C(=O)OC(C)(C)C.C[C@H]1[C@@H](O)CN1C(=O)OC(C)(C)C. The molecule has 0 spiro atoms. The largest absolute Gasteiger partial charge is 0.444 e. The van der Waals surface area contributed by atoms with E-state index in [0.717, 1.165) is 0 Å². The Labute approximate surface area is 156 Å². The van der Waals surface area contributed by atoms with Crippen molar-refractivity contribution in [2.24, 2.45) is 0 Å². The van der Waals surface area contributed by atoms with E-state index in [1.165, 1.54) is 9.80 Å². The zero-order valence-corrected chi connectivity index (χ0v) is 17.1. The predicted molar refractivity (Wildman–Crippen MR) is 96.8 cm³/mol. The molecule has 2 saturated heterocycles. The summed E-state index contributed by atoms with van der Waals surface area (Å²) < 4.78 is 10.3. The van der Waals surface area contributed by atoms with Gasteiger partial charge in [-0.15, -0.1) is 0 Å². The number of carbonyl (C=O) groups excluding carboxylic acids is 2. The van der Waals surface area contributed by atoms with Crippen LogP contribution in [0, 0.1) is 0 Å². The van der Waals surface area contributed by atoms with Crippen molar-refractivity contribution >= 4 is 12.2 Å². The average Bonchev–Trinajstić information content (AvgIpc) is 2.46. The van der Waals surface area contributed by atoms with E-state index in [4.69, 9.17) is 9.47 Å². The molecule has 0 aromatic rings. The van der Waals surface area contributed by atoms with Gasteiger partial charge in [0.05, 0.1) is 37.4 Å². The number of carbonyl (C=O) groups is 2. The Morgan fingerprint density at radius 3 is 1.19 bits per heavy atom. The molecule has 2 fully saturated rings. The third-order valence-corrected chi connectivity index (χ3v) is 4.12. The first-order valence-corrected chi connectivity index (χ1v) is 8.98. The van der Waals surface area contributed by atoms with E-state index in [9.17, 15) is 19.8 Å². The highest BCUT2D eigenvalue weighted by atomic mass is 16.6. The molecular formula is C18H34N2O6. The lowest BCUT2D eigenvalue weighted by molar-refractivity contribution is -0.0641. The van der Waals surface area contributed by atoms with Gasteiger partial charge in [-0.25, -0.2) is 9.59 Å². The van der Waals surface area contributed by atoms with Crippen molar-refractivity contribution < 1.29 is 29.3 Å². The number of rotatable bonds is 0. The molecule has 2 heterocycles. The number of nitrogens with zero attached hydrogens (tertiary/aromatic N) is 2. The van der Waals surface area contributed by atoms with Gasteiger partial charge in [0, 0.05) is 0 Å². The van der Waals surface area contributed by atoms with Crippen molar-refractivity contribution in [1.29, 1.82) is 0 Å². The highest BCUT2D eigenvalue weighted by Gasteiger charge is 2.40. The van der Waals surface area contributed by atoms with Gasteiger partial charge in [-0.2, -0.15) is 0 Å². The molecule has 0 aliphatic carbocycles. The Morgan fingerprint density at radius 2 is 1.04 bits per heavy atom. The molecule has 152 valence electrons. The first kappa shape index (κ1) is 22.5. The number of aliphatic hydroxyl groups excluding tert-OH is 2. The van der Waals surface area contributed by atoms with Crippen LogP contribution in [0.2, 0.25) is 0 Å². The van der Waals surface area contributed by atoms with Crippen LogP contribution in [0.5, 0.6) is 0 Å². The average molecular weight is 374 g/mol. The maximum atomic E-state index is 11.4. The van der Waals surface area contributed by atoms with Crippen LogP contribution in [0.3, 0.4) is 0 Å². The molecule has 0 unspecified atom stereocenters. The summed E-state index contributed by atoms with van der Waals surface area (Å²) in [5, 5.41) is 18.4. The van der Waals surface area contributed by atoms with Gasteiger partial charge in [-0.3, -0.25) is 0 Å². The van der Waals surface area contributed by atoms with Gasteiger partial charge in [0.1, 0.15) is 11.2 Å². The molecule has 0 saturated carbocycles. The van der Waals surface area contributed by atoms with E-state index in [2.05, 4.69) is 0 Å². The van der Waals surface area contributed by atoms with Gasteiger partial charge >= 0.3 is 12.2 Å². The molecule has 2 aliphatic heterocycles. The van der Waals surface area contributed by atoms with E-state index < -0.39 is 23.4 Å². The van der Waals surface area contributed by atoms with Gasteiger partial charge in [-0.1, -0.05) is 0 Å². The summed E-state index contributed by atoms with van der Waals surface area (Å²) in [5.74, 6) is 0. The first-order valence-electron chi connectivity index (χ1n) is 8.98. The fourth-order valence-electron chi connectivity index (χ4n) is 2.30. The lowest BCUT2D eigenvalue weighted by atomic mass is 10.0. The van der Waals surface area contributed by atoms with Crippen LogP contribution >= 0.6 is 0 Å². The summed E-state index contributed by atoms with van der Waals surface area (Å²) in [6.07, 6.45) is -1.48. The maximum Gasteiger partial charge on any atom is 0.410 e. The van der Waals surface area contributed by atoms with Crippen LogP contribution in [0.25, 0.3) is 0 Å². The minimum Gasteiger partial charge on any atom is -0.444 e. The van der Waals surface area contributed by atoms with Gasteiger partial charge in [0.25, 0.3) is 0 Å². The van der Waals surface area contributed by atoms with Gasteiger partial charge in [0.15, 0.2) is 0 Å². The zero-order valence-electron chi connectivity index (χ0n) is 17.1. The molecule has 4 atom stereocenters. The van der Waals surface area contributed by atoms with Gasteiger partial charge in [0.2, 0.25) is 0 Å². The Kier molecular flexibility index (Phi) is 6.92. The summed E-state index contributed by atoms with van der Waals surface area (Å²) in [6.45, 7) is 15.3. The van der Waals surface area contributed by atoms with Crippen molar-refractivity contribution in [3.05, 3.63) is 0 Å². The van der Waals surface area contributed by atoms with E-state index >= 15 is 0 Å². The lowest BCUT2D eigenvalue weighted by Gasteiger charge is -2.43. The molecule has 2 aliphatic rings. The van der Waals surface area contributed by atoms with Crippen LogP contribution in [-0.2, 0) is 9.47 Å². The molecule has 0 aromatic heterocycles. The van der Waals surface area contributed by atoms with Crippen molar-refractivity contribution in [2.75, 3.05) is 13.1 Å². The molecule has 0 aromatic carbocycles. The van der Waals surface area contributed by atoms with Crippen LogP contribution < -0.4 is 0 Å². The van der Waals surface area contributed by atoms with Crippen LogP contribution in [0.4, 0.5) is 9.59 Å². The quantitative estimate of drug-likeness (QED) is 0.672. The molecule has 0 bridgehead atoms. The molecular weight excluding hydrogens is 340 g/mol. The number of ether oxygens (including phenoxy) is 2. The second-order valence-corrected chi connectivity index (χ2v) is 8.88. The van der Waals surface area contributed by atoms with Crippen molar-refractivity contribution in [3.63, 3.8) is 0 Å². The van der Waals surface area contributed by atoms with Crippen molar-refractivity contribution in [1.82, 2.24) is 9.80 Å². The van der Waals surface area contributed by atoms with Crippen LogP contribution in [-0.4, -0.2) is 80.8 Å². The minimum absolute atomic E-state index is 0.116. The Balaban J connectivity index is 0.000000260. The maximum absolute atomic E-state index is 11.4. The second-order valence-electron chi connectivity index (χ2n) is 8.88. The molecule has 2 N–H and O–H groups in total. The summed E-state index contributed by atoms with van der Waals surface area (Å²) in [7, 11) is 0. The third-order valence-electron chi connectivity index (χ3n) is 4.12. The highest BCUT2D eigenvalue weighted by Crippen LogP contribution is 2.21.